The Labute approximate surface area is 105 Å². The molecule has 92 valence electrons. The number of carbonyl (C=O) groups is 1. The van der Waals surface area contributed by atoms with Gasteiger partial charge in [-0.1, -0.05) is 12.2 Å². The van der Waals surface area contributed by atoms with E-state index in [-0.39, 0.29) is 17.8 Å². The van der Waals surface area contributed by atoms with Crippen LogP contribution in [0, 0.1) is 12.7 Å². The minimum atomic E-state index is -0.352. The van der Waals surface area contributed by atoms with Crippen LogP contribution in [0.15, 0.2) is 18.2 Å². The fourth-order valence-corrected chi connectivity index (χ4v) is 1.79. The standard InChI is InChI=1S/C12H15FN2OS/c1-7-5-9(13)3-4-10(7)12(16)15-8(2)6-11(14)17/h3-5,8H,6H2,1-2H3,(H2,14,17)(H,15,16). The van der Waals surface area contributed by atoms with Crippen molar-refractivity contribution in [3.63, 3.8) is 0 Å². The first-order valence-electron chi connectivity index (χ1n) is 5.25. The number of carbonyl (C=O) groups excluding carboxylic acids is 1. The van der Waals surface area contributed by atoms with Crippen LogP contribution in [0.5, 0.6) is 0 Å². The van der Waals surface area contributed by atoms with Crippen molar-refractivity contribution in [1.29, 1.82) is 0 Å². The Bertz CT molecular complexity index is 448. The van der Waals surface area contributed by atoms with Gasteiger partial charge in [0.25, 0.3) is 5.91 Å². The number of benzene rings is 1. The molecule has 0 spiro atoms. The Morgan fingerprint density at radius 3 is 2.76 bits per heavy atom. The Kier molecular flexibility index (Phi) is 4.57. The third-order valence-electron chi connectivity index (χ3n) is 2.32. The van der Waals surface area contributed by atoms with Crippen molar-refractivity contribution in [3.05, 3.63) is 35.1 Å². The number of nitrogens with one attached hydrogen (secondary N) is 1. The van der Waals surface area contributed by atoms with Crippen LogP contribution in [-0.2, 0) is 0 Å². The highest BCUT2D eigenvalue weighted by Crippen LogP contribution is 2.10. The molecule has 0 saturated heterocycles. The smallest absolute Gasteiger partial charge is 0.251 e. The average Bonchev–Trinajstić information content (AvgIpc) is 2.15. The van der Waals surface area contributed by atoms with Crippen LogP contribution in [0.3, 0.4) is 0 Å². The van der Waals surface area contributed by atoms with E-state index < -0.39 is 0 Å². The summed E-state index contributed by atoms with van der Waals surface area (Å²) in [7, 11) is 0. The van der Waals surface area contributed by atoms with Gasteiger partial charge in [0.2, 0.25) is 0 Å². The topological polar surface area (TPSA) is 55.1 Å². The molecule has 0 aromatic heterocycles. The molecule has 1 rings (SSSR count). The molecule has 1 atom stereocenters. The maximum absolute atomic E-state index is 12.9. The third-order valence-corrected chi connectivity index (χ3v) is 2.48. The largest absolute Gasteiger partial charge is 0.393 e. The maximum atomic E-state index is 12.9. The van der Waals surface area contributed by atoms with Crippen molar-refractivity contribution in [1.82, 2.24) is 5.32 Å². The van der Waals surface area contributed by atoms with E-state index in [9.17, 15) is 9.18 Å². The zero-order chi connectivity index (χ0) is 13.0. The van der Waals surface area contributed by atoms with Gasteiger partial charge in [0.1, 0.15) is 5.82 Å². The molecule has 0 radical (unpaired) electrons. The predicted molar refractivity (Wildman–Crippen MR) is 69.5 cm³/mol. The van der Waals surface area contributed by atoms with Gasteiger partial charge in [-0.3, -0.25) is 4.79 Å². The first-order valence-corrected chi connectivity index (χ1v) is 5.66. The van der Waals surface area contributed by atoms with Crippen LogP contribution < -0.4 is 11.1 Å². The number of halogens is 1. The molecule has 1 amide bonds. The fourth-order valence-electron chi connectivity index (χ4n) is 1.54. The lowest BCUT2D eigenvalue weighted by atomic mass is 10.1. The molecule has 0 bridgehead atoms. The number of hydrogen-bond acceptors (Lipinski definition) is 2. The predicted octanol–water partition coefficient (Wildman–Crippen LogP) is 1.93. The van der Waals surface area contributed by atoms with Gasteiger partial charge in [-0.2, -0.15) is 0 Å². The Hall–Kier alpha value is -1.49. The molecule has 1 unspecified atom stereocenters. The summed E-state index contributed by atoms with van der Waals surface area (Å²) in [6.07, 6.45) is 0.446. The average molecular weight is 254 g/mol. The molecule has 3 nitrogen and oxygen atoms in total. The molecular weight excluding hydrogens is 239 g/mol. The minimum Gasteiger partial charge on any atom is -0.393 e. The second-order valence-corrected chi connectivity index (χ2v) is 4.53. The maximum Gasteiger partial charge on any atom is 0.251 e. The lowest BCUT2D eigenvalue weighted by Crippen LogP contribution is -2.35. The van der Waals surface area contributed by atoms with Gasteiger partial charge in [-0.25, -0.2) is 4.39 Å². The van der Waals surface area contributed by atoms with E-state index in [2.05, 4.69) is 5.32 Å². The van der Waals surface area contributed by atoms with Gasteiger partial charge >= 0.3 is 0 Å². The molecule has 0 heterocycles. The lowest BCUT2D eigenvalue weighted by Gasteiger charge is -2.14. The second kappa shape index (κ2) is 5.72. The SMILES string of the molecule is Cc1cc(F)ccc1C(=O)NC(C)CC(N)=S. The zero-order valence-electron chi connectivity index (χ0n) is 9.79. The van der Waals surface area contributed by atoms with Crippen molar-refractivity contribution in [3.8, 4) is 0 Å². The number of amides is 1. The van der Waals surface area contributed by atoms with Gasteiger partial charge in [-0.15, -0.1) is 0 Å². The lowest BCUT2D eigenvalue weighted by molar-refractivity contribution is 0.0940. The summed E-state index contributed by atoms with van der Waals surface area (Å²) in [6, 6.07) is 3.92. The van der Waals surface area contributed by atoms with E-state index in [4.69, 9.17) is 18.0 Å². The Morgan fingerprint density at radius 2 is 2.24 bits per heavy atom. The third kappa shape index (κ3) is 4.11. The van der Waals surface area contributed by atoms with Crippen LogP contribution >= 0.6 is 12.2 Å². The minimum absolute atomic E-state index is 0.135. The highest BCUT2D eigenvalue weighted by atomic mass is 32.1. The molecule has 3 N–H and O–H groups in total. The van der Waals surface area contributed by atoms with Crippen molar-refractivity contribution in [2.45, 2.75) is 26.3 Å². The summed E-state index contributed by atoms with van der Waals surface area (Å²) in [6.45, 7) is 3.51. The summed E-state index contributed by atoms with van der Waals surface area (Å²) >= 11 is 4.76. The van der Waals surface area contributed by atoms with Gasteiger partial charge in [0.05, 0.1) is 4.99 Å². The van der Waals surface area contributed by atoms with Crippen LogP contribution in [0.4, 0.5) is 4.39 Å². The molecule has 17 heavy (non-hydrogen) atoms. The van der Waals surface area contributed by atoms with Crippen LogP contribution in [0.1, 0.15) is 29.3 Å². The zero-order valence-corrected chi connectivity index (χ0v) is 10.6. The summed E-state index contributed by atoms with van der Waals surface area (Å²) in [5, 5.41) is 2.76. The molecule has 0 aliphatic rings. The monoisotopic (exact) mass is 254 g/mol. The molecular formula is C12H15FN2OS. The summed E-state index contributed by atoms with van der Waals surface area (Å²) in [5.41, 5.74) is 6.45. The van der Waals surface area contributed by atoms with Crippen molar-refractivity contribution in [2.75, 3.05) is 0 Å². The van der Waals surface area contributed by atoms with Gasteiger partial charge < -0.3 is 11.1 Å². The van der Waals surface area contributed by atoms with E-state index in [1.807, 2.05) is 6.92 Å². The van der Waals surface area contributed by atoms with Crippen molar-refractivity contribution < 1.29 is 9.18 Å². The number of nitrogens with two attached hydrogens (primary N) is 1. The molecule has 0 saturated carbocycles. The van der Waals surface area contributed by atoms with Crippen LogP contribution in [0.25, 0.3) is 0 Å². The molecule has 0 aliphatic heterocycles. The van der Waals surface area contributed by atoms with E-state index >= 15 is 0 Å². The van der Waals surface area contributed by atoms with Gasteiger partial charge in [0.15, 0.2) is 0 Å². The van der Waals surface area contributed by atoms with E-state index in [0.29, 0.717) is 22.5 Å². The Balaban J connectivity index is 2.73. The van der Waals surface area contributed by atoms with Crippen LogP contribution in [0.2, 0.25) is 0 Å². The van der Waals surface area contributed by atoms with Crippen LogP contribution in [-0.4, -0.2) is 16.9 Å². The highest BCUT2D eigenvalue weighted by Gasteiger charge is 2.12. The quantitative estimate of drug-likeness (QED) is 0.807. The molecule has 5 heteroatoms. The first kappa shape index (κ1) is 13.6. The number of aryl methyl sites for hydroxylation is 1. The Morgan fingerprint density at radius 1 is 1.59 bits per heavy atom. The van der Waals surface area contributed by atoms with E-state index in [0.717, 1.165) is 0 Å². The van der Waals surface area contributed by atoms with Crippen molar-refractivity contribution in [2.24, 2.45) is 5.73 Å². The second-order valence-electron chi connectivity index (χ2n) is 4.00. The molecule has 0 aliphatic carbocycles. The van der Waals surface area contributed by atoms with Gasteiger partial charge in [-0.05, 0) is 37.6 Å². The van der Waals surface area contributed by atoms with E-state index in [1.54, 1.807) is 6.92 Å². The number of rotatable bonds is 4. The normalized spacial score (nSPS) is 11.9. The summed E-state index contributed by atoms with van der Waals surface area (Å²) < 4.78 is 12.9. The highest BCUT2D eigenvalue weighted by molar-refractivity contribution is 7.80. The molecule has 0 fully saturated rings. The fraction of sp³-hybridized carbons (Fsp3) is 0.333. The van der Waals surface area contributed by atoms with Crippen molar-refractivity contribution >= 4 is 23.1 Å². The molecule has 1 aromatic rings. The number of hydrogen-bond donors (Lipinski definition) is 2. The summed E-state index contributed by atoms with van der Waals surface area (Å²) in [4.78, 5) is 12.2. The first-order chi connectivity index (χ1) is 7.90. The van der Waals surface area contributed by atoms with E-state index in [1.165, 1.54) is 18.2 Å². The summed E-state index contributed by atoms with van der Waals surface area (Å²) in [5.74, 6) is -0.596. The van der Waals surface area contributed by atoms with Gasteiger partial charge in [0, 0.05) is 18.0 Å². The molecule has 1 aromatic carbocycles. The number of thiocarbonyl (C=S) groups is 1.